The molecule has 1 N–H and O–H groups in total. The van der Waals surface area contributed by atoms with E-state index in [0.29, 0.717) is 13.2 Å². The van der Waals surface area contributed by atoms with Gasteiger partial charge in [-0.05, 0) is 32.2 Å². The van der Waals surface area contributed by atoms with Gasteiger partial charge in [-0.3, -0.25) is 4.79 Å². The molecular formula is C16H30N2O3. The van der Waals surface area contributed by atoms with Gasteiger partial charge in [-0.15, -0.1) is 0 Å². The highest BCUT2D eigenvalue weighted by Gasteiger charge is 2.37. The largest absolute Gasteiger partial charge is 0.379 e. The first-order valence-electron chi connectivity index (χ1n) is 8.47. The minimum Gasteiger partial charge on any atom is -0.379 e. The number of nitrogens with zero attached hydrogens (tertiary/aromatic N) is 1. The van der Waals surface area contributed by atoms with E-state index in [1.807, 2.05) is 4.90 Å². The summed E-state index contributed by atoms with van der Waals surface area (Å²) in [4.78, 5) is 14.7. The van der Waals surface area contributed by atoms with Gasteiger partial charge in [0.2, 0.25) is 5.91 Å². The molecule has 2 aliphatic rings. The third-order valence-corrected chi connectivity index (χ3v) is 4.30. The number of likely N-dealkylation sites (tertiary alicyclic amines) is 1. The first kappa shape index (κ1) is 16.7. The van der Waals surface area contributed by atoms with Crippen molar-refractivity contribution in [1.82, 2.24) is 10.2 Å². The Kier molecular flexibility index (Phi) is 6.93. The van der Waals surface area contributed by atoms with Crippen molar-refractivity contribution >= 4 is 5.91 Å². The van der Waals surface area contributed by atoms with Crippen LogP contribution >= 0.6 is 0 Å². The zero-order chi connectivity index (χ0) is 15.1. The van der Waals surface area contributed by atoms with E-state index in [0.717, 1.165) is 51.9 Å². The summed E-state index contributed by atoms with van der Waals surface area (Å²) in [6.45, 7) is 8.81. The lowest BCUT2D eigenvalue weighted by atomic mass is 9.99. The lowest BCUT2D eigenvalue weighted by molar-refractivity contribution is -0.140. The average Bonchev–Trinajstić information content (AvgIpc) is 2.98. The molecule has 2 rings (SSSR count). The maximum Gasteiger partial charge on any atom is 0.229 e. The van der Waals surface area contributed by atoms with E-state index in [2.05, 4.69) is 19.2 Å². The number of carbonyl (C=O) groups excluding carboxylic acids is 1. The van der Waals surface area contributed by atoms with Gasteiger partial charge < -0.3 is 19.7 Å². The van der Waals surface area contributed by atoms with Crippen LogP contribution in [-0.4, -0.2) is 62.4 Å². The molecule has 2 fully saturated rings. The van der Waals surface area contributed by atoms with Crippen LogP contribution in [0.2, 0.25) is 0 Å². The van der Waals surface area contributed by atoms with E-state index in [1.165, 1.54) is 0 Å². The number of piperidine rings is 1. The van der Waals surface area contributed by atoms with Crippen molar-refractivity contribution in [2.45, 2.75) is 51.7 Å². The van der Waals surface area contributed by atoms with Gasteiger partial charge in [0.1, 0.15) is 0 Å². The summed E-state index contributed by atoms with van der Waals surface area (Å²) in [7, 11) is 0. The summed E-state index contributed by atoms with van der Waals surface area (Å²) in [5.41, 5.74) is 0. The third kappa shape index (κ3) is 4.66. The normalized spacial score (nSPS) is 29.8. The van der Waals surface area contributed by atoms with Crippen molar-refractivity contribution in [3.05, 3.63) is 0 Å². The molecule has 5 heteroatoms. The Morgan fingerprint density at radius 2 is 2.19 bits per heavy atom. The zero-order valence-electron chi connectivity index (χ0n) is 13.5. The second kappa shape index (κ2) is 8.71. The van der Waals surface area contributed by atoms with Gasteiger partial charge in [0.15, 0.2) is 0 Å². The Labute approximate surface area is 128 Å². The van der Waals surface area contributed by atoms with Gasteiger partial charge in [0, 0.05) is 25.7 Å². The molecule has 122 valence electrons. The Morgan fingerprint density at radius 3 is 2.95 bits per heavy atom. The fraction of sp³-hybridized carbons (Fsp3) is 0.938. The second-order valence-corrected chi connectivity index (χ2v) is 6.12. The summed E-state index contributed by atoms with van der Waals surface area (Å²) in [6, 6.07) is 0.175. The fourth-order valence-electron chi connectivity index (χ4n) is 3.12. The van der Waals surface area contributed by atoms with E-state index in [-0.39, 0.29) is 24.0 Å². The minimum atomic E-state index is -0.0264. The van der Waals surface area contributed by atoms with Gasteiger partial charge in [-0.2, -0.15) is 0 Å². The number of carbonyl (C=O) groups is 1. The maximum absolute atomic E-state index is 12.7. The lowest BCUT2D eigenvalue weighted by Crippen LogP contribution is -2.50. The predicted molar refractivity (Wildman–Crippen MR) is 82.2 cm³/mol. The van der Waals surface area contributed by atoms with Crippen molar-refractivity contribution < 1.29 is 14.3 Å². The van der Waals surface area contributed by atoms with Crippen LogP contribution in [0.1, 0.15) is 39.5 Å². The van der Waals surface area contributed by atoms with Gasteiger partial charge in [-0.25, -0.2) is 0 Å². The number of ether oxygens (including phenoxy) is 2. The first-order valence-corrected chi connectivity index (χ1v) is 8.47. The fourth-order valence-corrected chi connectivity index (χ4v) is 3.12. The molecule has 0 saturated carbocycles. The summed E-state index contributed by atoms with van der Waals surface area (Å²) in [6.07, 6.45) is 4.44. The number of hydrogen-bond donors (Lipinski definition) is 1. The monoisotopic (exact) mass is 298 g/mol. The molecule has 0 spiro atoms. The molecule has 0 radical (unpaired) electrons. The molecule has 3 atom stereocenters. The number of amides is 1. The Balaban J connectivity index is 1.86. The highest BCUT2D eigenvalue weighted by Crippen LogP contribution is 2.21. The Hall–Kier alpha value is -0.650. The molecule has 0 aromatic rings. The van der Waals surface area contributed by atoms with Crippen LogP contribution in [0.25, 0.3) is 0 Å². The smallest absolute Gasteiger partial charge is 0.229 e. The quantitative estimate of drug-likeness (QED) is 0.772. The number of nitrogens with one attached hydrogen (secondary N) is 1. The van der Waals surface area contributed by atoms with Crippen molar-refractivity contribution in [2.75, 3.05) is 39.5 Å². The van der Waals surface area contributed by atoms with Crippen LogP contribution in [0.5, 0.6) is 0 Å². The average molecular weight is 298 g/mol. The van der Waals surface area contributed by atoms with Crippen molar-refractivity contribution in [3.63, 3.8) is 0 Å². The first-order chi connectivity index (χ1) is 10.3. The molecule has 0 bridgehead atoms. The summed E-state index contributed by atoms with van der Waals surface area (Å²) in [5, 5.41) is 3.44. The van der Waals surface area contributed by atoms with Crippen LogP contribution in [-0.2, 0) is 14.3 Å². The van der Waals surface area contributed by atoms with Gasteiger partial charge in [-0.1, -0.05) is 13.8 Å². The summed E-state index contributed by atoms with van der Waals surface area (Å²) < 4.78 is 11.4. The predicted octanol–water partition coefficient (Wildman–Crippen LogP) is 1.42. The van der Waals surface area contributed by atoms with E-state index < -0.39 is 0 Å². The van der Waals surface area contributed by atoms with E-state index in [4.69, 9.17) is 9.47 Å². The molecule has 2 aliphatic heterocycles. The molecule has 1 amide bonds. The molecule has 2 saturated heterocycles. The highest BCUT2D eigenvalue weighted by atomic mass is 16.5. The molecule has 0 aromatic carbocycles. The molecule has 3 unspecified atom stereocenters. The Bertz CT molecular complexity index is 325. The number of rotatable bonds is 7. The Morgan fingerprint density at radius 1 is 1.33 bits per heavy atom. The number of hydrogen-bond acceptors (Lipinski definition) is 4. The lowest BCUT2D eigenvalue weighted by Gasteiger charge is -2.35. The maximum atomic E-state index is 12.7. The molecule has 2 heterocycles. The van der Waals surface area contributed by atoms with Crippen LogP contribution < -0.4 is 5.32 Å². The molecule has 0 aliphatic carbocycles. The van der Waals surface area contributed by atoms with Crippen LogP contribution in [0.4, 0.5) is 0 Å². The van der Waals surface area contributed by atoms with Crippen molar-refractivity contribution in [2.24, 2.45) is 5.92 Å². The molecule has 0 aromatic heterocycles. The SMILES string of the molecule is CCCNC1COCC1C(=O)N1CCCC(OCCC)C1. The summed E-state index contributed by atoms with van der Waals surface area (Å²) >= 11 is 0. The van der Waals surface area contributed by atoms with E-state index in [9.17, 15) is 4.79 Å². The van der Waals surface area contributed by atoms with E-state index >= 15 is 0 Å². The molecule has 5 nitrogen and oxygen atoms in total. The van der Waals surface area contributed by atoms with Gasteiger partial charge >= 0.3 is 0 Å². The van der Waals surface area contributed by atoms with Crippen molar-refractivity contribution in [1.29, 1.82) is 0 Å². The molecule has 21 heavy (non-hydrogen) atoms. The second-order valence-electron chi connectivity index (χ2n) is 6.12. The third-order valence-electron chi connectivity index (χ3n) is 4.30. The van der Waals surface area contributed by atoms with Crippen LogP contribution in [0.15, 0.2) is 0 Å². The van der Waals surface area contributed by atoms with Gasteiger partial charge in [0.25, 0.3) is 0 Å². The van der Waals surface area contributed by atoms with Crippen LogP contribution in [0.3, 0.4) is 0 Å². The van der Waals surface area contributed by atoms with Gasteiger partial charge in [0.05, 0.1) is 25.2 Å². The van der Waals surface area contributed by atoms with E-state index in [1.54, 1.807) is 0 Å². The standard InChI is InChI=1S/C16H30N2O3/c1-3-7-17-15-12-20-11-14(15)16(19)18-8-5-6-13(10-18)21-9-4-2/h13-15,17H,3-12H2,1-2H3. The zero-order valence-corrected chi connectivity index (χ0v) is 13.5. The van der Waals surface area contributed by atoms with Crippen molar-refractivity contribution in [3.8, 4) is 0 Å². The molecular weight excluding hydrogens is 268 g/mol. The van der Waals surface area contributed by atoms with Crippen LogP contribution in [0, 0.1) is 5.92 Å². The topological polar surface area (TPSA) is 50.8 Å². The minimum absolute atomic E-state index is 0.0264. The summed E-state index contributed by atoms with van der Waals surface area (Å²) in [5.74, 6) is 0.215. The highest BCUT2D eigenvalue weighted by molar-refractivity contribution is 5.80.